The van der Waals surface area contributed by atoms with E-state index < -0.39 is 12.1 Å². The van der Waals surface area contributed by atoms with Gasteiger partial charge in [0.05, 0.1) is 23.6 Å². The molecule has 0 aliphatic heterocycles. The van der Waals surface area contributed by atoms with Crippen LogP contribution in [0, 0.1) is 6.92 Å². The third kappa shape index (κ3) is 4.64. The van der Waals surface area contributed by atoms with Crippen molar-refractivity contribution in [1.29, 1.82) is 0 Å². The van der Waals surface area contributed by atoms with E-state index in [1.165, 1.54) is 16.2 Å². The fraction of sp³-hybridized carbons (Fsp3) is 0.389. The quantitative estimate of drug-likeness (QED) is 0.730. The molecule has 2 rings (SSSR count). The van der Waals surface area contributed by atoms with Gasteiger partial charge in [0, 0.05) is 4.88 Å². The van der Waals surface area contributed by atoms with Gasteiger partial charge in [-0.2, -0.15) is 0 Å². The van der Waals surface area contributed by atoms with E-state index in [4.69, 9.17) is 0 Å². The fourth-order valence-corrected chi connectivity index (χ4v) is 3.52. The summed E-state index contributed by atoms with van der Waals surface area (Å²) in [5.74, 6) is -0.197. The lowest BCUT2D eigenvalue weighted by atomic mass is 10.0. The van der Waals surface area contributed by atoms with Crippen molar-refractivity contribution in [3.63, 3.8) is 0 Å². The van der Waals surface area contributed by atoms with Crippen LogP contribution in [0.4, 0.5) is 0 Å². The van der Waals surface area contributed by atoms with Gasteiger partial charge in [-0.25, -0.2) is 0 Å². The number of benzene rings is 1. The average molecular weight is 333 g/mol. The Morgan fingerprint density at radius 2 is 2.00 bits per heavy atom. The predicted molar refractivity (Wildman–Crippen MR) is 92.8 cm³/mol. The Morgan fingerprint density at radius 1 is 1.30 bits per heavy atom. The van der Waals surface area contributed by atoms with E-state index in [1.54, 1.807) is 0 Å². The molecule has 0 saturated heterocycles. The molecule has 1 amide bonds. The number of aliphatic hydroxyl groups is 2. The first kappa shape index (κ1) is 17.7. The van der Waals surface area contributed by atoms with Gasteiger partial charge >= 0.3 is 0 Å². The second-order valence-electron chi connectivity index (χ2n) is 5.59. The highest BCUT2D eigenvalue weighted by Crippen LogP contribution is 2.23. The van der Waals surface area contributed by atoms with Gasteiger partial charge in [-0.3, -0.25) is 4.79 Å². The van der Waals surface area contributed by atoms with Crippen LogP contribution in [0.2, 0.25) is 0 Å². The summed E-state index contributed by atoms with van der Waals surface area (Å²) in [5.41, 5.74) is 1.90. The molecule has 1 aromatic carbocycles. The Hall–Kier alpha value is -1.69. The minimum atomic E-state index is -0.718. The summed E-state index contributed by atoms with van der Waals surface area (Å²) in [6.45, 7) is 3.85. The molecule has 0 bridgehead atoms. The van der Waals surface area contributed by atoms with Gasteiger partial charge in [-0.15, -0.1) is 11.3 Å². The molecule has 2 atom stereocenters. The molecule has 0 aliphatic rings. The second-order valence-corrected chi connectivity index (χ2v) is 6.72. The number of hydrogen-bond acceptors (Lipinski definition) is 4. The number of aliphatic hydroxyl groups excluding tert-OH is 2. The highest BCUT2D eigenvalue weighted by atomic mass is 32.1. The van der Waals surface area contributed by atoms with Gasteiger partial charge < -0.3 is 15.5 Å². The molecule has 0 unspecified atom stereocenters. The second kappa shape index (κ2) is 8.24. The third-order valence-corrected chi connectivity index (χ3v) is 5.19. The monoisotopic (exact) mass is 333 g/mol. The number of rotatable bonds is 7. The van der Waals surface area contributed by atoms with Gasteiger partial charge in [0.25, 0.3) is 5.91 Å². The van der Waals surface area contributed by atoms with Gasteiger partial charge in [0.1, 0.15) is 0 Å². The van der Waals surface area contributed by atoms with Gasteiger partial charge in [-0.1, -0.05) is 37.3 Å². The van der Waals surface area contributed by atoms with Crippen molar-refractivity contribution in [3.05, 3.63) is 57.3 Å². The number of hydrogen-bond donors (Lipinski definition) is 3. The predicted octanol–water partition coefficient (Wildman–Crippen LogP) is 2.83. The van der Waals surface area contributed by atoms with Gasteiger partial charge in [0.2, 0.25) is 0 Å². The summed E-state index contributed by atoms with van der Waals surface area (Å²) >= 11 is 1.48. The zero-order valence-corrected chi connectivity index (χ0v) is 14.3. The number of nitrogens with one attached hydrogen (secondary N) is 1. The number of carbonyl (C=O) groups is 1. The van der Waals surface area contributed by atoms with Crippen molar-refractivity contribution in [2.75, 3.05) is 6.61 Å². The lowest BCUT2D eigenvalue weighted by Gasteiger charge is -2.19. The number of carbonyl (C=O) groups excluding carboxylic acids is 1. The molecule has 4 nitrogen and oxygen atoms in total. The zero-order valence-electron chi connectivity index (χ0n) is 13.5. The van der Waals surface area contributed by atoms with Crippen LogP contribution in [0.5, 0.6) is 0 Å². The Balaban J connectivity index is 1.99. The van der Waals surface area contributed by atoms with E-state index in [1.807, 2.05) is 43.3 Å². The third-order valence-electron chi connectivity index (χ3n) is 3.81. The molecule has 0 saturated carbocycles. The van der Waals surface area contributed by atoms with Crippen LogP contribution in [-0.2, 0) is 6.42 Å². The fourth-order valence-electron chi connectivity index (χ4n) is 2.50. The summed E-state index contributed by atoms with van der Waals surface area (Å²) < 4.78 is 0. The molecule has 2 aromatic rings. The van der Waals surface area contributed by atoms with Crippen molar-refractivity contribution in [2.45, 2.75) is 38.8 Å². The number of amides is 1. The minimum Gasteiger partial charge on any atom is -0.394 e. The molecule has 0 fully saturated rings. The van der Waals surface area contributed by atoms with Crippen LogP contribution in [0.15, 0.2) is 36.4 Å². The molecular weight excluding hydrogens is 310 g/mol. The van der Waals surface area contributed by atoms with E-state index in [2.05, 4.69) is 12.2 Å². The van der Waals surface area contributed by atoms with E-state index in [-0.39, 0.29) is 18.9 Å². The Labute approximate surface area is 140 Å². The first-order chi connectivity index (χ1) is 11.0. The average Bonchev–Trinajstić information content (AvgIpc) is 2.96. The maximum absolute atomic E-state index is 12.3. The number of aryl methyl sites for hydroxylation is 2. The molecule has 1 heterocycles. The summed E-state index contributed by atoms with van der Waals surface area (Å²) in [6, 6.07) is 10.6. The van der Waals surface area contributed by atoms with E-state index in [9.17, 15) is 15.0 Å². The van der Waals surface area contributed by atoms with E-state index in [0.717, 1.165) is 17.5 Å². The van der Waals surface area contributed by atoms with Crippen LogP contribution < -0.4 is 5.32 Å². The van der Waals surface area contributed by atoms with Crippen LogP contribution in [-0.4, -0.2) is 28.8 Å². The molecule has 23 heavy (non-hydrogen) atoms. The molecule has 124 valence electrons. The molecule has 5 heteroatoms. The Morgan fingerprint density at radius 3 is 2.57 bits per heavy atom. The lowest BCUT2D eigenvalue weighted by Crippen LogP contribution is -2.38. The molecule has 0 radical (unpaired) electrons. The van der Waals surface area contributed by atoms with Crippen molar-refractivity contribution in [3.8, 4) is 0 Å². The molecule has 0 aliphatic carbocycles. The van der Waals surface area contributed by atoms with Crippen LogP contribution in [0.25, 0.3) is 0 Å². The molecule has 3 N–H and O–H groups in total. The standard InChI is InChI=1S/C18H23NO3S/c1-3-16-12(2)9-17(23-16)18(22)19-14(11-20)10-15(21)13-7-5-4-6-8-13/h4-9,14-15,20-21H,3,10-11H2,1-2H3,(H,19,22)/t14-,15-/m0/s1. The van der Waals surface area contributed by atoms with E-state index in [0.29, 0.717) is 4.88 Å². The molecule has 0 spiro atoms. The molecular formula is C18H23NO3S. The molecule has 1 aromatic heterocycles. The number of thiophene rings is 1. The van der Waals surface area contributed by atoms with Crippen molar-refractivity contribution >= 4 is 17.2 Å². The summed E-state index contributed by atoms with van der Waals surface area (Å²) in [6.07, 6.45) is 0.460. The largest absolute Gasteiger partial charge is 0.394 e. The van der Waals surface area contributed by atoms with Gasteiger partial charge in [-0.05, 0) is 37.0 Å². The maximum Gasteiger partial charge on any atom is 0.261 e. The smallest absolute Gasteiger partial charge is 0.261 e. The Kier molecular flexibility index (Phi) is 6.33. The van der Waals surface area contributed by atoms with Crippen LogP contribution >= 0.6 is 11.3 Å². The highest BCUT2D eigenvalue weighted by molar-refractivity contribution is 7.14. The van der Waals surface area contributed by atoms with Crippen molar-refractivity contribution < 1.29 is 15.0 Å². The summed E-state index contributed by atoms with van der Waals surface area (Å²) in [7, 11) is 0. The highest BCUT2D eigenvalue weighted by Gasteiger charge is 2.19. The Bertz CT molecular complexity index is 639. The lowest BCUT2D eigenvalue weighted by molar-refractivity contribution is 0.0869. The van der Waals surface area contributed by atoms with Crippen LogP contribution in [0.3, 0.4) is 0 Å². The topological polar surface area (TPSA) is 69.6 Å². The maximum atomic E-state index is 12.3. The first-order valence-electron chi connectivity index (χ1n) is 7.79. The SMILES string of the molecule is CCc1sc(C(=O)N[C@H](CO)C[C@H](O)c2ccccc2)cc1C. The minimum absolute atomic E-state index is 0.197. The summed E-state index contributed by atoms with van der Waals surface area (Å²) in [4.78, 5) is 14.2. The van der Waals surface area contributed by atoms with E-state index >= 15 is 0 Å². The summed E-state index contributed by atoms with van der Waals surface area (Å²) in [5, 5.41) is 22.5. The normalized spacial score (nSPS) is 13.6. The van der Waals surface area contributed by atoms with Crippen molar-refractivity contribution in [2.24, 2.45) is 0 Å². The zero-order chi connectivity index (χ0) is 16.8. The van der Waals surface area contributed by atoms with Gasteiger partial charge in [0.15, 0.2) is 0 Å². The van der Waals surface area contributed by atoms with Crippen LogP contribution in [0.1, 0.15) is 45.1 Å². The van der Waals surface area contributed by atoms with Crippen molar-refractivity contribution in [1.82, 2.24) is 5.32 Å². The first-order valence-corrected chi connectivity index (χ1v) is 8.60.